The molecule has 0 saturated carbocycles. The van der Waals surface area contributed by atoms with Crippen molar-refractivity contribution in [2.75, 3.05) is 20.8 Å². The second kappa shape index (κ2) is 6.38. The van der Waals surface area contributed by atoms with Crippen molar-refractivity contribution in [1.82, 2.24) is 0 Å². The third-order valence-electron chi connectivity index (χ3n) is 3.17. The zero-order valence-electron chi connectivity index (χ0n) is 12.0. The Morgan fingerprint density at radius 2 is 1.89 bits per heavy atom. The second-order valence-electron chi connectivity index (χ2n) is 4.47. The minimum Gasteiger partial charge on any atom is -0.496 e. The standard InChI is InChI=1S/C15H20O4/c1-9-6-13(10(2)11(3)15(9)19-5)12(8-18-4)7-14(16)17/h6-7H,8H2,1-5H3,(H,16,17)/b12-7+. The number of aryl methyl sites for hydroxylation is 1. The zero-order valence-corrected chi connectivity index (χ0v) is 12.0. The van der Waals surface area contributed by atoms with Gasteiger partial charge in [0.25, 0.3) is 0 Å². The van der Waals surface area contributed by atoms with E-state index in [-0.39, 0.29) is 6.61 Å². The number of rotatable bonds is 5. The molecule has 4 nitrogen and oxygen atoms in total. The first-order valence-corrected chi connectivity index (χ1v) is 6.00. The summed E-state index contributed by atoms with van der Waals surface area (Å²) in [6, 6.07) is 1.94. The van der Waals surface area contributed by atoms with E-state index in [0.717, 1.165) is 28.0 Å². The molecule has 0 radical (unpaired) electrons. The summed E-state index contributed by atoms with van der Waals surface area (Å²) in [5.41, 5.74) is 4.55. The van der Waals surface area contributed by atoms with Gasteiger partial charge in [0.2, 0.25) is 0 Å². The van der Waals surface area contributed by atoms with E-state index in [1.807, 2.05) is 26.8 Å². The predicted octanol–water partition coefficient (Wildman–Crippen LogP) is 2.73. The maximum Gasteiger partial charge on any atom is 0.328 e. The molecule has 0 heterocycles. The number of carboxylic acid groups (broad SMARTS) is 1. The van der Waals surface area contributed by atoms with E-state index in [4.69, 9.17) is 14.6 Å². The van der Waals surface area contributed by atoms with Crippen molar-refractivity contribution in [3.8, 4) is 5.75 Å². The summed E-state index contributed by atoms with van der Waals surface area (Å²) >= 11 is 0. The maximum atomic E-state index is 10.9. The van der Waals surface area contributed by atoms with E-state index in [0.29, 0.717) is 5.57 Å². The van der Waals surface area contributed by atoms with Crippen LogP contribution in [0, 0.1) is 20.8 Å². The molecule has 0 fully saturated rings. The molecular weight excluding hydrogens is 244 g/mol. The van der Waals surface area contributed by atoms with Crippen LogP contribution in [0.5, 0.6) is 5.75 Å². The number of benzene rings is 1. The van der Waals surface area contributed by atoms with Gasteiger partial charge in [0.1, 0.15) is 5.75 Å². The number of methoxy groups -OCH3 is 2. The lowest BCUT2D eigenvalue weighted by atomic mass is 9.93. The molecule has 0 aromatic heterocycles. The van der Waals surface area contributed by atoms with Crippen molar-refractivity contribution in [1.29, 1.82) is 0 Å². The molecule has 104 valence electrons. The monoisotopic (exact) mass is 264 g/mol. The third kappa shape index (κ3) is 3.35. The lowest BCUT2D eigenvalue weighted by molar-refractivity contribution is -0.131. The SMILES string of the molecule is COC/C(=C\C(=O)O)c1cc(C)c(OC)c(C)c1C. The molecule has 1 aromatic rings. The Labute approximate surface area is 113 Å². The fourth-order valence-corrected chi connectivity index (χ4v) is 2.21. The summed E-state index contributed by atoms with van der Waals surface area (Å²) in [7, 11) is 3.19. The third-order valence-corrected chi connectivity index (χ3v) is 3.17. The molecule has 0 atom stereocenters. The molecule has 1 N–H and O–H groups in total. The van der Waals surface area contributed by atoms with Gasteiger partial charge in [0.15, 0.2) is 0 Å². The molecule has 1 aromatic carbocycles. The Balaban J connectivity index is 3.44. The summed E-state index contributed by atoms with van der Waals surface area (Å²) in [5, 5.41) is 8.95. The average Bonchev–Trinajstić information content (AvgIpc) is 2.33. The number of hydrogen-bond donors (Lipinski definition) is 1. The van der Waals surface area contributed by atoms with Crippen molar-refractivity contribution < 1.29 is 19.4 Å². The van der Waals surface area contributed by atoms with Gasteiger partial charge in [-0.3, -0.25) is 0 Å². The minimum absolute atomic E-state index is 0.262. The number of carboxylic acids is 1. The maximum absolute atomic E-state index is 10.9. The Morgan fingerprint density at radius 1 is 1.26 bits per heavy atom. The van der Waals surface area contributed by atoms with Gasteiger partial charge < -0.3 is 14.6 Å². The number of hydrogen-bond acceptors (Lipinski definition) is 3. The molecule has 0 saturated heterocycles. The van der Waals surface area contributed by atoms with Gasteiger partial charge in [0, 0.05) is 13.2 Å². The Kier molecular flexibility index (Phi) is 5.12. The first-order chi connectivity index (χ1) is 8.92. The molecule has 19 heavy (non-hydrogen) atoms. The number of carbonyl (C=O) groups is 1. The zero-order chi connectivity index (χ0) is 14.6. The van der Waals surface area contributed by atoms with Crippen LogP contribution in [0.1, 0.15) is 22.3 Å². The minimum atomic E-state index is -0.974. The van der Waals surface area contributed by atoms with E-state index in [1.54, 1.807) is 14.2 Å². The highest BCUT2D eigenvalue weighted by molar-refractivity contribution is 5.91. The van der Waals surface area contributed by atoms with Crippen LogP contribution in [0.4, 0.5) is 0 Å². The molecular formula is C15H20O4. The summed E-state index contributed by atoms with van der Waals surface area (Å²) in [4.78, 5) is 10.9. The van der Waals surface area contributed by atoms with Crippen LogP contribution in [-0.4, -0.2) is 31.9 Å². The lowest BCUT2D eigenvalue weighted by Crippen LogP contribution is -2.04. The van der Waals surface area contributed by atoms with Gasteiger partial charge >= 0.3 is 5.97 Å². The molecule has 0 aliphatic rings. The highest BCUT2D eigenvalue weighted by atomic mass is 16.5. The van der Waals surface area contributed by atoms with Gasteiger partial charge in [0.05, 0.1) is 13.7 Å². The lowest BCUT2D eigenvalue weighted by Gasteiger charge is -2.17. The predicted molar refractivity (Wildman–Crippen MR) is 74.7 cm³/mol. The molecule has 0 amide bonds. The molecule has 0 spiro atoms. The second-order valence-corrected chi connectivity index (χ2v) is 4.47. The smallest absolute Gasteiger partial charge is 0.328 e. The fraction of sp³-hybridized carbons (Fsp3) is 0.400. The van der Waals surface area contributed by atoms with E-state index in [1.165, 1.54) is 6.08 Å². The van der Waals surface area contributed by atoms with Crippen molar-refractivity contribution in [2.24, 2.45) is 0 Å². The van der Waals surface area contributed by atoms with Gasteiger partial charge in [-0.15, -0.1) is 0 Å². The van der Waals surface area contributed by atoms with Crippen molar-refractivity contribution >= 4 is 11.5 Å². The van der Waals surface area contributed by atoms with Crippen molar-refractivity contribution in [3.05, 3.63) is 34.4 Å². The quantitative estimate of drug-likeness (QED) is 0.831. The Morgan fingerprint density at radius 3 is 2.37 bits per heavy atom. The van der Waals surface area contributed by atoms with Crippen LogP contribution in [0.3, 0.4) is 0 Å². The van der Waals surface area contributed by atoms with Crippen molar-refractivity contribution in [2.45, 2.75) is 20.8 Å². The molecule has 0 bridgehead atoms. The summed E-state index contributed by atoms with van der Waals surface area (Å²) < 4.78 is 10.5. The van der Waals surface area contributed by atoms with E-state index in [2.05, 4.69) is 0 Å². The van der Waals surface area contributed by atoms with E-state index in [9.17, 15) is 4.79 Å². The van der Waals surface area contributed by atoms with Gasteiger partial charge in [-0.25, -0.2) is 4.79 Å². The number of aliphatic carboxylic acids is 1. The summed E-state index contributed by atoms with van der Waals surface area (Å²) in [5.74, 6) is -0.133. The average molecular weight is 264 g/mol. The number of ether oxygens (including phenoxy) is 2. The molecule has 0 aliphatic carbocycles. The van der Waals surface area contributed by atoms with Crippen LogP contribution in [0.25, 0.3) is 5.57 Å². The first kappa shape index (κ1) is 15.2. The van der Waals surface area contributed by atoms with Crippen LogP contribution in [0.2, 0.25) is 0 Å². The summed E-state index contributed by atoms with van der Waals surface area (Å²) in [6.45, 7) is 6.13. The molecule has 1 rings (SSSR count). The van der Waals surface area contributed by atoms with Crippen LogP contribution < -0.4 is 4.74 Å². The topological polar surface area (TPSA) is 55.8 Å². The van der Waals surface area contributed by atoms with Crippen LogP contribution in [-0.2, 0) is 9.53 Å². The normalized spacial score (nSPS) is 11.5. The van der Waals surface area contributed by atoms with Crippen molar-refractivity contribution in [3.63, 3.8) is 0 Å². The molecule has 0 unspecified atom stereocenters. The van der Waals surface area contributed by atoms with Gasteiger partial charge in [-0.1, -0.05) is 0 Å². The van der Waals surface area contributed by atoms with Crippen LogP contribution in [0.15, 0.2) is 12.1 Å². The first-order valence-electron chi connectivity index (χ1n) is 6.00. The van der Waals surface area contributed by atoms with E-state index >= 15 is 0 Å². The fourth-order valence-electron chi connectivity index (χ4n) is 2.21. The highest BCUT2D eigenvalue weighted by Crippen LogP contribution is 2.32. The highest BCUT2D eigenvalue weighted by Gasteiger charge is 2.14. The van der Waals surface area contributed by atoms with Crippen LogP contribution >= 0.6 is 0 Å². The Bertz CT molecular complexity index is 515. The Hall–Kier alpha value is -1.81. The van der Waals surface area contributed by atoms with Gasteiger partial charge in [-0.2, -0.15) is 0 Å². The molecule has 0 aliphatic heterocycles. The van der Waals surface area contributed by atoms with E-state index < -0.39 is 5.97 Å². The van der Waals surface area contributed by atoms with Gasteiger partial charge in [-0.05, 0) is 54.7 Å². The largest absolute Gasteiger partial charge is 0.496 e. The summed E-state index contributed by atoms with van der Waals surface area (Å²) in [6.07, 6.45) is 1.19. The molecule has 4 heteroatoms.